The van der Waals surface area contributed by atoms with E-state index in [1.54, 1.807) is 30.3 Å². The third-order valence-corrected chi connectivity index (χ3v) is 9.39. The lowest BCUT2D eigenvalue weighted by molar-refractivity contribution is -0.143. The van der Waals surface area contributed by atoms with E-state index in [2.05, 4.69) is 41.5 Å². The van der Waals surface area contributed by atoms with Gasteiger partial charge in [0.05, 0.1) is 12.4 Å². The third-order valence-electron chi connectivity index (χ3n) is 9.39. The van der Waals surface area contributed by atoms with Crippen LogP contribution in [-0.2, 0) is 51.2 Å². The second-order valence-electron chi connectivity index (χ2n) is 14.2. The van der Waals surface area contributed by atoms with Crippen molar-refractivity contribution in [2.45, 2.75) is 108 Å². The summed E-state index contributed by atoms with van der Waals surface area (Å²) < 4.78 is 0. The molecular weight excluding hydrogens is 770 g/mol. The number of aliphatic imine (C=N–C) groups is 1. The number of aromatic amines is 1. The van der Waals surface area contributed by atoms with Gasteiger partial charge in [-0.15, -0.1) is 0 Å². The highest BCUT2D eigenvalue weighted by Gasteiger charge is 2.39. The quantitative estimate of drug-likeness (QED) is 0.0293. The van der Waals surface area contributed by atoms with Crippen molar-refractivity contribution in [1.82, 2.24) is 41.5 Å². The lowest BCUT2D eigenvalue weighted by Gasteiger charge is -2.30. The van der Waals surface area contributed by atoms with Crippen LogP contribution in [0.1, 0.15) is 63.6 Å². The molecule has 22 heteroatoms. The maximum Gasteiger partial charge on any atom is 0.326 e. The first-order valence-electron chi connectivity index (χ1n) is 19.1. The molecule has 1 aromatic heterocycles. The number of nitrogens with zero attached hydrogens (tertiary/aromatic N) is 3. The molecule has 1 aromatic carbocycles. The van der Waals surface area contributed by atoms with Gasteiger partial charge < -0.3 is 64.5 Å². The predicted octanol–water partition coefficient (Wildman–Crippen LogP) is -3.62. The van der Waals surface area contributed by atoms with Crippen LogP contribution >= 0.6 is 0 Å². The summed E-state index contributed by atoms with van der Waals surface area (Å²) >= 11 is 0. The molecule has 7 amide bonds. The van der Waals surface area contributed by atoms with E-state index in [4.69, 9.17) is 22.9 Å². The van der Waals surface area contributed by atoms with Gasteiger partial charge in [-0.25, -0.2) is 9.78 Å². The second-order valence-corrected chi connectivity index (χ2v) is 14.2. The molecule has 1 aliphatic rings. The van der Waals surface area contributed by atoms with Crippen LogP contribution in [0.3, 0.4) is 0 Å². The zero-order valence-corrected chi connectivity index (χ0v) is 33.0. The van der Waals surface area contributed by atoms with Gasteiger partial charge in [-0.1, -0.05) is 30.3 Å². The van der Waals surface area contributed by atoms with E-state index in [0.29, 0.717) is 17.7 Å². The van der Waals surface area contributed by atoms with Crippen molar-refractivity contribution in [1.29, 1.82) is 0 Å². The Kier molecular flexibility index (Phi) is 18.2. The number of nitrogens with two attached hydrogens (primary N) is 4. The topological polar surface area (TPSA) is 365 Å². The van der Waals surface area contributed by atoms with Crippen molar-refractivity contribution in [3.63, 3.8) is 0 Å². The number of carbonyl (C=O) groups excluding carboxylic acids is 7. The number of guanidine groups is 1. The van der Waals surface area contributed by atoms with E-state index in [9.17, 15) is 43.5 Å². The van der Waals surface area contributed by atoms with Gasteiger partial charge in [0.2, 0.25) is 41.4 Å². The smallest absolute Gasteiger partial charge is 0.326 e. The number of hydrogen-bond donors (Lipinski definition) is 11. The number of aromatic nitrogens is 2. The number of primary amides is 1. The van der Waals surface area contributed by atoms with Crippen LogP contribution in [0.2, 0.25) is 0 Å². The molecule has 0 bridgehead atoms. The van der Waals surface area contributed by atoms with Crippen LogP contribution < -0.4 is 49.5 Å². The van der Waals surface area contributed by atoms with E-state index < -0.39 is 89.6 Å². The largest absolute Gasteiger partial charge is 0.480 e. The van der Waals surface area contributed by atoms with Crippen LogP contribution in [0, 0.1) is 0 Å². The van der Waals surface area contributed by atoms with E-state index in [1.165, 1.54) is 31.3 Å². The first-order valence-corrected chi connectivity index (χ1v) is 19.1. The minimum Gasteiger partial charge on any atom is -0.480 e. The molecule has 2 aromatic rings. The number of benzene rings is 1. The zero-order chi connectivity index (χ0) is 43.6. The number of imidazole rings is 1. The standard InChI is InChI=1S/C37H55N13O9/c1-20(38)30(52)46-24(10-6-14-43-37(40)41)32(54)47-25(12-13-29(39)51)35(57)50-15-7-11-28(50)34(56)45-21(2)31(53)48-26(17-23-18-42-19-44-23)33(55)49-27(36(58)59)16-22-8-4-3-5-9-22/h3-5,8-9,18-21,24-28H,6-7,10-17,38H2,1-2H3,(H2,39,51)(H,42,44)(H,45,56)(H,46,52)(H,47,54)(H,48,53)(H,49,55)(H,58,59)(H4,40,41,43)/t20-,21-,24-,25-,26-,27-,28-/m0/s1. The van der Waals surface area contributed by atoms with Crippen LogP contribution in [-0.4, -0.2) is 129 Å². The highest BCUT2D eigenvalue weighted by molar-refractivity contribution is 5.97. The van der Waals surface area contributed by atoms with Gasteiger partial charge >= 0.3 is 5.97 Å². The van der Waals surface area contributed by atoms with Gasteiger partial charge in [-0.2, -0.15) is 0 Å². The number of rotatable bonds is 23. The molecule has 59 heavy (non-hydrogen) atoms. The van der Waals surface area contributed by atoms with Crippen molar-refractivity contribution in [2.75, 3.05) is 13.1 Å². The van der Waals surface area contributed by atoms with Gasteiger partial charge in [0.25, 0.3) is 0 Å². The zero-order valence-electron chi connectivity index (χ0n) is 33.0. The van der Waals surface area contributed by atoms with Crippen molar-refractivity contribution < 1.29 is 43.5 Å². The number of carbonyl (C=O) groups is 8. The van der Waals surface area contributed by atoms with Crippen molar-refractivity contribution in [2.24, 2.45) is 27.9 Å². The number of H-pyrrole nitrogens is 1. The summed E-state index contributed by atoms with van der Waals surface area (Å²) in [5.41, 5.74) is 22.9. The summed E-state index contributed by atoms with van der Waals surface area (Å²) in [5.74, 6) is -6.58. The van der Waals surface area contributed by atoms with Crippen LogP contribution in [0.4, 0.5) is 0 Å². The summed E-state index contributed by atoms with van der Waals surface area (Å²) in [6, 6.07) is 0.279. The molecule has 0 aliphatic carbocycles. The maximum atomic E-state index is 14.0. The minimum atomic E-state index is -1.34. The van der Waals surface area contributed by atoms with Gasteiger partial charge in [0.15, 0.2) is 5.96 Å². The molecule has 15 N–H and O–H groups in total. The number of amides is 7. The fourth-order valence-corrected chi connectivity index (χ4v) is 6.21. The molecule has 0 radical (unpaired) electrons. The number of carboxylic acid groups (broad SMARTS) is 1. The number of likely N-dealkylation sites (tertiary alicyclic amines) is 1. The molecule has 0 saturated carbocycles. The van der Waals surface area contributed by atoms with E-state index in [-0.39, 0.29) is 64.0 Å². The molecule has 0 unspecified atom stereocenters. The molecule has 1 aliphatic heterocycles. The van der Waals surface area contributed by atoms with Gasteiger partial charge in [-0.3, -0.25) is 38.6 Å². The predicted molar refractivity (Wildman–Crippen MR) is 212 cm³/mol. The highest BCUT2D eigenvalue weighted by atomic mass is 16.4. The van der Waals surface area contributed by atoms with E-state index in [1.807, 2.05) is 0 Å². The molecular formula is C37H55N13O9. The molecule has 22 nitrogen and oxygen atoms in total. The van der Waals surface area contributed by atoms with Crippen molar-refractivity contribution >= 4 is 53.3 Å². The average molecular weight is 826 g/mol. The highest BCUT2D eigenvalue weighted by Crippen LogP contribution is 2.20. The number of nitrogens with one attached hydrogen (secondary N) is 6. The van der Waals surface area contributed by atoms with Gasteiger partial charge in [0.1, 0.15) is 36.3 Å². The lowest BCUT2D eigenvalue weighted by Crippen LogP contribution is -2.59. The lowest BCUT2D eigenvalue weighted by atomic mass is 10.0. The number of carboxylic acids is 1. The fraction of sp³-hybridized carbons (Fsp3) is 0.514. The minimum absolute atomic E-state index is 0.0197. The molecule has 322 valence electrons. The Labute approximate surface area is 340 Å². The third kappa shape index (κ3) is 15.4. The first kappa shape index (κ1) is 46.8. The molecule has 0 spiro atoms. The van der Waals surface area contributed by atoms with Gasteiger partial charge in [0, 0.05) is 44.2 Å². The van der Waals surface area contributed by atoms with Crippen molar-refractivity contribution in [3.8, 4) is 0 Å². The SMILES string of the molecule is C[C@H](N)C(=O)N[C@@H](CCCN=C(N)N)C(=O)N[C@@H](CCC(N)=O)C(=O)N1CCC[C@H]1C(=O)N[C@@H](C)C(=O)N[C@@H](Cc1cnc[nH]1)C(=O)N[C@@H](Cc1ccccc1)C(=O)O. The maximum absolute atomic E-state index is 14.0. The normalized spacial score (nSPS) is 16.5. The summed E-state index contributed by atoms with van der Waals surface area (Å²) in [6.45, 7) is 3.04. The Morgan fingerprint density at radius 1 is 0.847 bits per heavy atom. The van der Waals surface area contributed by atoms with Crippen molar-refractivity contribution in [3.05, 3.63) is 54.1 Å². The summed E-state index contributed by atoms with van der Waals surface area (Å²) in [7, 11) is 0. The Bertz CT molecular complexity index is 1800. The summed E-state index contributed by atoms with van der Waals surface area (Å²) in [5, 5.41) is 22.6. The Hall–Kier alpha value is -6.58. The van der Waals surface area contributed by atoms with Crippen LogP contribution in [0.5, 0.6) is 0 Å². The molecule has 1 saturated heterocycles. The number of hydrogen-bond acceptors (Lipinski definition) is 11. The van der Waals surface area contributed by atoms with Crippen LogP contribution in [0.25, 0.3) is 0 Å². The van der Waals surface area contributed by atoms with Crippen LogP contribution in [0.15, 0.2) is 47.8 Å². The average Bonchev–Trinajstić information content (AvgIpc) is 3.90. The second kappa shape index (κ2) is 23.0. The Morgan fingerprint density at radius 2 is 1.49 bits per heavy atom. The Balaban J connectivity index is 1.73. The molecule has 7 atom stereocenters. The molecule has 1 fully saturated rings. The molecule has 2 heterocycles. The summed E-state index contributed by atoms with van der Waals surface area (Å²) in [6.07, 6.45) is 3.09. The van der Waals surface area contributed by atoms with E-state index in [0.717, 1.165) is 0 Å². The first-order chi connectivity index (χ1) is 28.0. The monoisotopic (exact) mass is 825 g/mol. The van der Waals surface area contributed by atoms with Gasteiger partial charge in [-0.05, 0) is 51.5 Å². The summed E-state index contributed by atoms with van der Waals surface area (Å²) in [4.78, 5) is 116. The fourth-order valence-electron chi connectivity index (χ4n) is 6.21. The van der Waals surface area contributed by atoms with E-state index >= 15 is 0 Å². The number of aliphatic carboxylic acids is 1. The molecule has 3 rings (SSSR count). The Morgan fingerprint density at radius 3 is 2.10 bits per heavy atom.